The second kappa shape index (κ2) is 8.51. The third-order valence-corrected chi connectivity index (χ3v) is 6.72. The van der Waals surface area contributed by atoms with Gasteiger partial charge in [0.2, 0.25) is 5.95 Å². The van der Waals surface area contributed by atoms with Crippen LogP contribution in [0.4, 0.5) is 27.9 Å². The van der Waals surface area contributed by atoms with Gasteiger partial charge >= 0.3 is 6.09 Å². The van der Waals surface area contributed by atoms with Crippen molar-refractivity contribution in [1.82, 2.24) is 24.6 Å². The van der Waals surface area contributed by atoms with E-state index in [4.69, 9.17) is 4.98 Å². The van der Waals surface area contributed by atoms with Crippen LogP contribution in [0.3, 0.4) is 0 Å². The molecular formula is C27H31N7O2. The van der Waals surface area contributed by atoms with Crippen LogP contribution in [-0.2, 0) is 13.6 Å². The molecule has 0 aliphatic carbocycles. The number of fused-ring (bicyclic) bond motifs is 2. The normalized spacial score (nSPS) is 15.3. The first-order chi connectivity index (χ1) is 17.0. The lowest BCUT2D eigenvalue weighted by Gasteiger charge is -2.34. The molecule has 186 valence electrons. The number of amides is 1. The van der Waals surface area contributed by atoms with Gasteiger partial charge in [-0.25, -0.2) is 14.5 Å². The van der Waals surface area contributed by atoms with Crippen LogP contribution in [-0.4, -0.2) is 35.8 Å². The molecule has 36 heavy (non-hydrogen) atoms. The summed E-state index contributed by atoms with van der Waals surface area (Å²) in [6.07, 6.45) is 0.860. The maximum absolute atomic E-state index is 11.9. The lowest BCUT2D eigenvalue weighted by Crippen LogP contribution is -2.35. The number of rotatable bonds is 4. The van der Waals surface area contributed by atoms with E-state index in [-0.39, 0.29) is 11.5 Å². The Kier molecular flexibility index (Phi) is 5.58. The van der Waals surface area contributed by atoms with Crippen molar-refractivity contribution in [1.29, 1.82) is 0 Å². The first-order valence-corrected chi connectivity index (χ1v) is 12.0. The highest BCUT2D eigenvalue weighted by Gasteiger charge is 2.40. The van der Waals surface area contributed by atoms with Crippen LogP contribution in [0.25, 0.3) is 11.0 Å². The lowest BCUT2D eigenvalue weighted by atomic mass is 9.82. The summed E-state index contributed by atoms with van der Waals surface area (Å²) in [5.41, 5.74) is 6.64. The van der Waals surface area contributed by atoms with Gasteiger partial charge in [0.25, 0.3) is 0 Å². The summed E-state index contributed by atoms with van der Waals surface area (Å²) in [5, 5.41) is 21.9. The van der Waals surface area contributed by atoms with Gasteiger partial charge in [-0.1, -0.05) is 45.0 Å². The number of nitrogens with zero attached hydrogens (tertiary/aromatic N) is 5. The molecule has 1 unspecified atom stereocenters. The molecule has 1 atom stereocenters. The maximum atomic E-state index is 11.9. The molecular weight excluding hydrogens is 454 g/mol. The molecule has 0 saturated heterocycles. The number of benzene rings is 2. The van der Waals surface area contributed by atoms with Crippen LogP contribution in [0.1, 0.15) is 49.1 Å². The molecule has 2 aromatic heterocycles. The summed E-state index contributed by atoms with van der Waals surface area (Å²) in [6.45, 7) is 10.7. The number of hydrogen-bond donors (Lipinski definition) is 3. The second-order valence-electron chi connectivity index (χ2n) is 10.5. The predicted octanol–water partition coefficient (Wildman–Crippen LogP) is 6.05. The fourth-order valence-electron chi connectivity index (χ4n) is 5.09. The van der Waals surface area contributed by atoms with Gasteiger partial charge < -0.3 is 15.7 Å². The predicted molar refractivity (Wildman–Crippen MR) is 141 cm³/mol. The van der Waals surface area contributed by atoms with E-state index in [1.807, 2.05) is 31.3 Å². The fraction of sp³-hybridized carbons (Fsp3) is 0.333. The number of carboxylic acid groups (broad SMARTS) is 1. The van der Waals surface area contributed by atoms with Gasteiger partial charge in [-0.2, -0.15) is 10.1 Å². The molecule has 0 spiro atoms. The second-order valence-corrected chi connectivity index (χ2v) is 10.5. The summed E-state index contributed by atoms with van der Waals surface area (Å²) >= 11 is 0. The minimum atomic E-state index is -0.907. The molecule has 1 aliphatic heterocycles. The van der Waals surface area contributed by atoms with E-state index in [0.717, 1.165) is 39.0 Å². The zero-order valence-corrected chi connectivity index (χ0v) is 21.4. The standard InChI is InChI=1S/C27H31N7O2/c1-15-8-7-9-16(2)21(15)30-23-20-13-28-25(31-24(20)33(6)32-23)29-18-10-11-19-17(12-18)14-34(26(35)36)22(19)27(3,4)5/h7-13,22H,14H2,1-6H3,(H,30,32)(H,35,36)(H,28,29,31). The Morgan fingerprint density at radius 3 is 2.50 bits per heavy atom. The Balaban J connectivity index is 1.43. The Hall–Kier alpha value is -4.14. The number of hydrogen-bond acceptors (Lipinski definition) is 6. The number of aryl methyl sites for hydroxylation is 3. The number of para-hydroxylation sites is 1. The Morgan fingerprint density at radius 2 is 1.83 bits per heavy atom. The van der Waals surface area contributed by atoms with Crippen LogP contribution in [0, 0.1) is 19.3 Å². The SMILES string of the molecule is Cc1cccc(C)c1Nc1nn(C)c2nc(Nc3ccc4c(c3)CN(C(=O)O)C4C(C)(C)C)ncc12. The van der Waals surface area contributed by atoms with Gasteiger partial charge in [-0.3, -0.25) is 4.90 Å². The van der Waals surface area contributed by atoms with Gasteiger partial charge in [-0.15, -0.1) is 0 Å². The molecule has 9 heteroatoms. The molecule has 3 N–H and O–H groups in total. The molecule has 1 aliphatic rings. The maximum Gasteiger partial charge on any atom is 0.408 e. The van der Waals surface area contributed by atoms with Crippen molar-refractivity contribution < 1.29 is 9.90 Å². The Morgan fingerprint density at radius 1 is 1.11 bits per heavy atom. The van der Waals surface area contributed by atoms with Crippen LogP contribution >= 0.6 is 0 Å². The molecule has 1 amide bonds. The molecule has 0 fully saturated rings. The van der Waals surface area contributed by atoms with Gasteiger partial charge in [0.15, 0.2) is 11.5 Å². The fourth-order valence-corrected chi connectivity index (χ4v) is 5.09. The van der Waals surface area contributed by atoms with Gasteiger partial charge in [0.1, 0.15) is 0 Å². The molecule has 2 aromatic carbocycles. The van der Waals surface area contributed by atoms with Gasteiger partial charge in [0.05, 0.1) is 18.0 Å². The first kappa shape index (κ1) is 23.6. The quantitative estimate of drug-likeness (QED) is 0.323. The van der Waals surface area contributed by atoms with Crippen molar-refractivity contribution in [3.8, 4) is 0 Å². The van der Waals surface area contributed by atoms with Gasteiger partial charge in [0, 0.05) is 24.6 Å². The first-order valence-electron chi connectivity index (χ1n) is 12.0. The van der Waals surface area contributed by atoms with Crippen LogP contribution in [0.15, 0.2) is 42.6 Å². The monoisotopic (exact) mass is 485 g/mol. The summed E-state index contributed by atoms with van der Waals surface area (Å²) in [5.74, 6) is 1.15. The number of carbonyl (C=O) groups is 1. The Bertz CT molecular complexity index is 1470. The Labute approximate surface area is 210 Å². The van der Waals surface area contributed by atoms with E-state index in [1.165, 1.54) is 4.90 Å². The molecule has 0 bridgehead atoms. The van der Waals surface area contributed by atoms with E-state index >= 15 is 0 Å². The smallest absolute Gasteiger partial charge is 0.408 e. The van der Waals surface area contributed by atoms with Crippen LogP contribution in [0.5, 0.6) is 0 Å². The van der Waals surface area contributed by atoms with Crippen molar-refractivity contribution in [2.45, 2.75) is 47.2 Å². The van der Waals surface area contributed by atoms with E-state index in [2.05, 4.69) is 67.5 Å². The zero-order valence-electron chi connectivity index (χ0n) is 21.4. The summed E-state index contributed by atoms with van der Waals surface area (Å²) in [7, 11) is 1.86. The highest BCUT2D eigenvalue weighted by Crippen LogP contribution is 2.45. The van der Waals surface area contributed by atoms with E-state index in [0.29, 0.717) is 24.0 Å². The van der Waals surface area contributed by atoms with Crippen molar-refractivity contribution in [3.63, 3.8) is 0 Å². The highest BCUT2D eigenvalue weighted by atomic mass is 16.4. The largest absolute Gasteiger partial charge is 0.465 e. The zero-order chi connectivity index (χ0) is 25.8. The lowest BCUT2D eigenvalue weighted by molar-refractivity contribution is 0.0900. The van der Waals surface area contributed by atoms with Crippen molar-refractivity contribution in [2.75, 3.05) is 10.6 Å². The van der Waals surface area contributed by atoms with Crippen LogP contribution < -0.4 is 10.6 Å². The van der Waals surface area contributed by atoms with Gasteiger partial charge in [-0.05, 0) is 53.6 Å². The number of anilines is 4. The topological polar surface area (TPSA) is 108 Å². The van der Waals surface area contributed by atoms with Crippen molar-refractivity contribution in [2.24, 2.45) is 12.5 Å². The summed E-state index contributed by atoms with van der Waals surface area (Å²) in [4.78, 5) is 22.6. The molecule has 9 nitrogen and oxygen atoms in total. The molecule has 0 radical (unpaired) electrons. The summed E-state index contributed by atoms with van der Waals surface area (Å²) < 4.78 is 1.74. The van der Waals surface area contributed by atoms with E-state index in [1.54, 1.807) is 10.9 Å². The third-order valence-electron chi connectivity index (χ3n) is 6.72. The molecule has 3 heterocycles. The molecule has 4 aromatic rings. The van der Waals surface area contributed by atoms with E-state index < -0.39 is 6.09 Å². The number of nitrogens with one attached hydrogen (secondary N) is 2. The summed E-state index contributed by atoms with van der Waals surface area (Å²) in [6, 6.07) is 11.9. The minimum Gasteiger partial charge on any atom is -0.465 e. The van der Waals surface area contributed by atoms with Crippen molar-refractivity contribution >= 4 is 40.3 Å². The minimum absolute atomic E-state index is 0.191. The van der Waals surface area contributed by atoms with Crippen molar-refractivity contribution in [3.05, 3.63) is 64.8 Å². The van der Waals surface area contributed by atoms with Crippen LogP contribution in [0.2, 0.25) is 0 Å². The average molecular weight is 486 g/mol. The highest BCUT2D eigenvalue weighted by molar-refractivity contribution is 5.90. The third kappa shape index (κ3) is 4.10. The molecule has 5 rings (SSSR count). The molecule has 0 saturated carbocycles. The number of aromatic nitrogens is 4. The van der Waals surface area contributed by atoms with E-state index in [9.17, 15) is 9.90 Å². The average Bonchev–Trinajstić information content (AvgIpc) is 3.34.